The van der Waals surface area contributed by atoms with Gasteiger partial charge < -0.3 is 16.0 Å². The SMILES string of the molecule is CNC(=O)c1ccc(NC(=O)CNc2ccc3ccccc3c2)cc1. The molecule has 0 bridgehead atoms. The molecule has 0 spiro atoms. The number of rotatable bonds is 5. The first-order valence-electron chi connectivity index (χ1n) is 8.00. The van der Waals surface area contributed by atoms with Crippen molar-refractivity contribution < 1.29 is 9.59 Å². The molecule has 0 heterocycles. The van der Waals surface area contributed by atoms with Crippen molar-refractivity contribution in [2.24, 2.45) is 0 Å². The standard InChI is InChI=1S/C20H19N3O2/c1-21-20(25)15-7-9-17(10-8-15)23-19(24)13-22-18-11-6-14-4-2-3-5-16(14)12-18/h2-12,22H,13H2,1H3,(H,21,25)(H,23,24). The monoisotopic (exact) mass is 333 g/mol. The Hall–Kier alpha value is -3.34. The van der Waals surface area contributed by atoms with E-state index in [1.807, 2.05) is 42.5 Å². The van der Waals surface area contributed by atoms with Crippen LogP contribution in [0.3, 0.4) is 0 Å². The highest BCUT2D eigenvalue weighted by atomic mass is 16.2. The minimum absolute atomic E-state index is 0.152. The Labute approximate surface area is 146 Å². The third-order valence-electron chi connectivity index (χ3n) is 3.86. The Bertz CT molecular complexity index is 904. The lowest BCUT2D eigenvalue weighted by atomic mass is 10.1. The zero-order chi connectivity index (χ0) is 17.6. The second kappa shape index (κ2) is 7.49. The summed E-state index contributed by atoms with van der Waals surface area (Å²) in [6, 6.07) is 20.8. The Kier molecular flexibility index (Phi) is 4.95. The molecular weight excluding hydrogens is 314 g/mol. The molecule has 0 aromatic heterocycles. The molecule has 5 nitrogen and oxygen atoms in total. The Morgan fingerprint density at radius 2 is 1.52 bits per heavy atom. The minimum atomic E-state index is -0.157. The van der Waals surface area contributed by atoms with E-state index in [9.17, 15) is 9.59 Å². The molecule has 0 saturated carbocycles. The summed E-state index contributed by atoms with van der Waals surface area (Å²) in [5.41, 5.74) is 2.09. The molecule has 0 aliphatic heterocycles. The van der Waals surface area contributed by atoms with Crippen LogP contribution in [-0.4, -0.2) is 25.4 Å². The van der Waals surface area contributed by atoms with Gasteiger partial charge in [-0.3, -0.25) is 9.59 Å². The lowest BCUT2D eigenvalue weighted by molar-refractivity contribution is -0.114. The van der Waals surface area contributed by atoms with Crippen molar-refractivity contribution in [2.45, 2.75) is 0 Å². The second-order valence-electron chi connectivity index (χ2n) is 5.62. The van der Waals surface area contributed by atoms with Gasteiger partial charge in [0.05, 0.1) is 6.54 Å². The zero-order valence-electron chi connectivity index (χ0n) is 13.9. The van der Waals surface area contributed by atoms with Crippen LogP contribution in [0.1, 0.15) is 10.4 Å². The number of benzene rings is 3. The van der Waals surface area contributed by atoms with E-state index in [0.29, 0.717) is 11.3 Å². The van der Waals surface area contributed by atoms with Gasteiger partial charge in [0.2, 0.25) is 5.91 Å². The highest BCUT2D eigenvalue weighted by Crippen LogP contribution is 2.18. The molecule has 3 rings (SSSR count). The van der Waals surface area contributed by atoms with Gasteiger partial charge in [-0.2, -0.15) is 0 Å². The quantitative estimate of drug-likeness (QED) is 0.671. The molecular formula is C20H19N3O2. The number of fused-ring (bicyclic) bond motifs is 1. The van der Waals surface area contributed by atoms with E-state index in [2.05, 4.69) is 16.0 Å². The van der Waals surface area contributed by atoms with Gasteiger partial charge in [0.15, 0.2) is 0 Å². The van der Waals surface area contributed by atoms with Gasteiger partial charge in [0.25, 0.3) is 5.91 Å². The lowest BCUT2D eigenvalue weighted by Gasteiger charge is -2.09. The first-order chi connectivity index (χ1) is 12.2. The summed E-state index contributed by atoms with van der Waals surface area (Å²) in [6.45, 7) is 0.162. The van der Waals surface area contributed by atoms with Gasteiger partial charge in [-0.05, 0) is 47.2 Å². The van der Waals surface area contributed by atoms with Crippen LogP contribution in [0.25, 0.3) is 10.8 Å². The van der Waals surface area contributed by atoms with Crippen molar-refractivity contribution in [3.63, 3.8) is 0 Å². The maximum absolute atomic E-state index is 12.1. The van der Waals surface area contributed by atoms with Crippen molar-refractivity contribution in [2.75, 3.05) is 24.2 Å². The highest BCUT2D eigenvalue weighted by molar-refractivity contribution is 5.96. The molecule has 2 amide bonds. The van der Waals surface area contributed by atoms with Crippen molar-refractivity contribution in [1.82, 2.24) is 5.32 Å². The first-order valence-corrected chi connectivity index (χ1v) is 8.00. The van der Waals surface area contributed by atoms with Crippen LogP contribution in [-0.2, 0) is 4.79 Å². The fourth-order valence-electron chi connectivity index (χ4n) is 2.54. The van der Waals surface area contributed by atoms with Crippen LogP contribution >= 0.6 is 0 Å². The van der Waals surface area contributed by atoms with Gasteiger partial charge in [-0.25, -0.2) is 0 Å². The molecule has 0 unspecified atom stereocenters. The van der Waals surface area contributed by atoms with E-state index < -0.39 is 0 Å². The first kappa shape index (κ1) is 16.5. The molecule has 0 saturated heterocycles. The van der Waals surface area contributed by atoms with E-state index in [1.54, 1.807) is 31.3 Å². The van der Waals surface area contributed by atoms with E-state index >= 15 is 0 Å². The van der Waals surface area contributed by atoms with Crippen molar-refractivity contribution >= 4 is 34.0 Å². The molecule has 0 aliphatic rings. The molecule has 126 valence electrons. The summed E-state index contributed by atoms with van der Waals surface area (Å²) < 4.78 is 0. The molecule has 0 fully saturated rings. The summed E-state index contributed by atoms with van der Waals surface area (Å²) in [6.07, 6.45) is 0. The van der Waals surface area contributed by atoms with Crippen molar-refractivity contribution in [3.8, 4) is 0 Å². The molecule has 3 aromatic carbocycles. The number of carbonyl (C=O) groups excluding carboxylic acids is 2. The van der Waals surface area contributed by atoms with Crippen LogP contribution in [0.5, 0.6) is 0 Å². The highest BCUT2D eigenvalue weighted by Gasteiger charge is 2.05. The average Bonchev–Trinajstić information content (AvgIpc) is 2.66. The van der Waals surface area contributed by atoms with Gasteiger partial charge in [0.1, 0.15) is 0 Å². The molecule has 0 aliphatic carbocycles. The molecule has 0 atom stereocenters. The maximum atomic E-state index is 12.1. The van der Waals surface area contributed by atoms with E-state index in [1.165, 1.54) is 0 Å². The maximum Gasteiger partial charge on any atom is 0.251 e. The summed E-state index contributed by atoms with van der Waals surface area (Å²) in [5, 5.41) is 10.8. The third kappa shape index (κ3) is 4.14. The normalized spacial score (nSPS) is 10.3. The summed E-state index contributed by atoms with van der Waals surface area (Å²) >= 11 is 0. The van der Waals surface area contributed by atoms with Gasteiger partial charge in [0, 0.05) is 24.0 Å². The van der Waals surface area contributed by atoms with E-state index in [-0.39, 0.29) is 18.4 Å². The Balaban J connectivity index is 1.57. The van der Waals surface area contributed by atoms with Crippen molar-refractivity contribution in [1.29, 1.82) is 0 Å². The van der Waals surface area contributed by atoms with Crippen LogP contribution < -0.4 is 16.0 Å². The predicted molar refractivity (Wildman–Crippen MR) is 101 cm³/mol. The second-order valence-corrected chi connectivity index (χ2v) is 5.62. The largest absolute Gasteiger partial charge is 0.376 e. The number of hydrogen-bond acceptors (Lipinski definition) is 3. The molecule has 3 aromatic rings. The minimum Gasteiger partial charge on any atom is -0.376 e. The molecule has 5 heteroatoms. The number of carbonyl (C=O) groups is 2. The summed E-state index contributed by atoms with van der Waals surface area (Å²) in [7, 11) is 1.58. The average molecular weight is 333 g/mol. The number of amides is 2. The molecule has 25 heavy (non-hydrogen) atoms. The van der Waals surface area contributed by atoms with Crippen LogP contribution in [0.15, 0.2) is 66.7 Å². The van der Waals surface area contributed by atoms with Crippen LogP contribution in [0.2, 0.25) is 0 Å². The fraction of sp³-hybridized carbons (Fsp3) is 0.100. The summed E-state index contributed by atoms with van der Waals surface area (Å²) in [5.74, 6) is -0.309. The zero-order valence-corrected chi connectivity index (χ0v) is 13.9. The third-order valence-corrected chi connectivity index (χ3v) is 3.86. The van der Waals surface area contributed by atoms with Gasteiger partial charge in [-0.1, -0.05) is 30.3 Å². The predicted octanol–water partition coefficient (Wildman–Crippen LogP) is 3.25. The Morgan fingerprint density at radius 1 is 0.840 bits per heavy atom. The van der Waals surface area contributed by atoms with Gasteiger partial charge >= 0.3 is 0 Å². The van der Waals surface area contributed by atoms with E-state index in [0.717, 1.165) is 16.5 Å². The fourth-order valence-corrected chi connectivity index (χ4v) is 2.54. The van der Waals surface area contributed by atoms with Gasteiger partial charge in [-0.15, -0.1) is 0 Å². The number of nitrogens with one attached hydrogen (secondary N) is 3. The summed E-state index contributed by atoms with van der Waals surface area (Å²) in [4.78, 5) is 23.6. The smallest absolute Gasteiger partial charge is 0.251 e. The topological polar surface area (TPSA) is 70.2 Å². The van der Waals surface area contributed by atoms with Crippen LogP contribution in [0.4, 0.5) is 11.4 Å². The molecule has 3 N–H and O–H groups in total. The van der Waals surface area contributed by atoms with E-state index in [4.69, 9.17) is 0 Å². The molecule has 0 radical (unpaired) electrons. The number of hydrogen-bond donors (Lipinski definition) is 3. The van der Waals surface area contributed by atoms with Crippen LogP contribution in [0, 0.1) is 0 Å². The van der Waals surface area contributed by atoms with Crippen molar-refractivity contribution in [3.05, 3.63) is 72.3 Å². The number of anilines is 2. The Morgan fingerprint density at radius 3 is 2.24 bits per heavy atom. The lowest BCUT2D eigenvalue weighted by Crippen LogP contribution is -2.22.